The number of rotatable bonds is 3. The normalized spacial score (nSPS) is 21.8. The first kappa shape index (κ1) is 9.86. The van der Waals surface area contributed by atoms with Gasteiger partial charge < -0.3 is 10.1 Å². The Morgan fingerprint density at radius 3 is 2.93 bits per heavy atom. The van der Waals surface area contributed by atoms with Gasteiger partial charge in [-0.05, 0) is 6.42 Å². The fourth-order valence-electron chi connectivity index (χ4n) is 1.35. The summed E-state index contributed by atoms with van der Waals surface area (Å²) in [5, 5.41) is 13.6. The van der Waals surface area contributed by atoms with Gasteiger partial charge in [0.1, 0.15) is 5.01 Å². The van der Waals surface area contributed by atoms with E-state index < -0.39 is 0 Å². The molecule has 0 spiro atoms. The summed E-state index contributed by atoms with van der Waals surface area (Å²) in [7, 11) is 0. The number of nitrogens with zero attached hydrogens (tertiary/aromatic N) is 2. The first-order valence-electron chi connectivity index (χ1n) is 4.93. The smallest absolute Gasteiger partial charge is 0.205 e. The van der Waals surface area contributed by atoms with Crippen LogP contribution in [0.1, 0.15) is 31.2 Å². The molecular formula is C9H15N3OS. The number of ether oxygens (including phenoxy) is 1. The van der Waals surface area contributed by atoms with Crippen molar-refractivity contribution >= 4 is 16.5 Å². The largest absolute Gasteiger partial charge is 0.379 e. The highest BCUT2D eigenvalue weighted by atomic mass is 32.1. The predicted octanol–water partition coefficient (Wildman–Crippen LogP) is 1.86. The fourth-order valence-corrected chi connectivity index (χ4v) is 2.17. The SMILES string of the molecule is CC(C)c1nnc(NC2CCOC2)s1. The molecular weight excluding hydrogens is 198 g/mol. The third-order valence-electron chi connectivity index (χ3n) is 2.19. The molecule has 2 rings (SSSR count). The monoisotopic (exact) mass is 213 g/mol. The zero-order valence-electron chi connectivity index (χ0n) is 8.49. The lowest BCUT2D eigenvalue weighted by Crippen LogP contribution is -2.18. The van der Waals surface area contributed by atoms with Gasteiger partial charge in [0.15, 0.2) is 0 Å². The Bertz CT molecular complexity index is 294. The van der Waals surface area contributed by atoms with E-state index in [0.29, 0.717) is 12.0 Å². The summed E-state index contributed by atoms with van der Waals surface area (Å²) in [6, 6.07) is 0.419. The Morgan fingerprint density at radius 2 is 2.36 bits per heavy atom. The van der Waals surface area contributed by atoms with Crippen LogP contribution in [0.3, 0.4) is 0 Å². The van der Waals surface area contributed by atoms with Crippen LogP contribution in [-0.4, -0.2) is 29.5 Å². The highest BCUT2D eigenvalue weighted by Crippen LogP contribution is 2.23. The quantitative estimate of drug-likeness (QED) is 0.832. The van der Waals surface area contributed by atoms with Crippen LogP contribution < -0.4 is 5.32 Å². The molecule has 78 valence electrons. The van der Waals surface area contributed by atoms with E-state index in [2.05, 4.69) is 29.4 Å². The van der Waals surface area contributed by atoms with Crippen LogP contribution in [0, 0.1) is 0 Å². The van der Waals surface area contributed by atoms with Gasteiger partial charge in [-0.15, -0.1) is 10.2 Å². The molecule has 1 fully saturated rings. The average molecular weight is 213 g/mol. The first-order valence-corrected chi connectivity index (χ1v) is 5.75. The van der Waals surface area contributed by atoms with E-state index in [1.807, 2.05) is 0 Å². The minimum Gasteiger partial charge on any atom is -0.379 e. The molecule has 1 saturated heterocycles. The van der Waals surface area contributed by atoms with Gasteiger partial charge >= 0.3 is 0 Å². The Balaban J connectivity index is 1.95. The summed E-state index contributed by atoms with van der Waals surface area (Å²) in [4.78, 5) is 0. The van der Waals surface area contributed by atoms with Crippen molar-refractivity contribution in [3.05, 3.63) is 5.01 Å². The lowest BCUT2D eigenvalue weighted by molar-refractivity contribution is 0.195. The van der Waals surface area contributed by atoms with Gasteiger partial charge in [0.2, 0.25) is 5.13 Å². The Morgan fingerprint density at radius 1 is 1.50 bits per heavy atom. The molecule has 1 aliphatic rings. The van der Waals surface area contributed by atoms with Crippen molar-refractivity contribution < 1.29 is 4.74 Å². The van der Waals surface area contributed by atoms with Crippen LogP contribution in [0.4, 0.5) is 5.13 Å². The highest BCUT2D eigenvalue weighted by Gasteiger charge is 2.17. The predicted molar refractivity (Wildman–Crippen MR) is 56.8 cm³/mol. The number of hydrogen-bond acceptors (Lipinski definition) is 5. The molecule has 1 aliphatic heterocycles. The second-order valence-electron chi connectivity index (χ2n) is 3.81. The third kappa shape index (κ3) is 2.22. The van der Waals surface area contributed by atoms with Gasteiger partial charge in [-0.1, -0.05) is 25.2 Å². The number of aromatic nitrogens is 2. The van der Waals surface area contributed by atoms with E-state index in [0.717, 1.165) is 29.8 Å². The molecule has 1 N–H and O–H groups in total. The van der Waals surface area contributed by atoms with E-state index in [-0.39, 0.29) is 0 Å². The summed E-state index contributed by atoms with van der Waals surface area (Å²) >= 11 is 1.64. The fraction of sp³-hybridized carbons (Fsp3) is 0.778. The van der Waals surface area contributed by atoms with Gasteiger partial charge in [0.25, 0.3) is 0 Å². The van der Waals surface area contributed by atoms with Crippen LogP contribution in [-0.2, 0) is 4.74 Å². The van der Waals surface area contributed by atoms with Gasteiger partial charge in [-0.25, -0.2) is 0 Å². The van der Waals surface area contributed by atoms with E-state index >= 15 is 0 Å². The molecule has 0 aromatic carbocycles. The number of anilines is 1. The topological polar surface area (TPSA) is 47.0 Å². The lowest BCUT2D eigenvalue weighted by atomic mass is 10.2. The second-order valence-corrected chi connectivity index (χ2v) is 4.81. The Kier molecular flexibility index (Phi) is 2.98. The zero-order valence-corrected chi connectivity index (χ0v) is 9.30. The summed E-state index contributed by atoms with van der Waals surface area (Å²) in [6.45, 7) is 5.90. The minimum absolute atomic E-state index is 0.419. The van der Waals surface area contributed by atoms with Crippen LogP contribution in [0.15, 0.2) is 0 Å². The van der Waals surface area contributed by atoms with Crippen LogP contribution in [0.2, 0.25) is 0 Å². The van der Waals surface area contributed by atoms with Crippen molar-refractivity contribution in [1.29, 1.82) is 0 Å². The summed E-state index contributed by atoms with van der Waals surface area (Å²) in [5.41, 5.74) is 0. The molecule has 0 aliphatic carbocycles. The average Bonchev–Trinajstić information content (AvgIpc) is 2.75. The lowest BCUT2D eigenvalue weighted by Gasteiger charge is -2.06. The van der Waals surface area contributed by atoms with Gasteiger partial charge in [0, 0.05) is 12.5 Å². The van der Waals surface area contributed by atoms with Crippen LogP contribution in [0.5, 0.6) is 0 Å². The number of nitrogens with one attached hydrogen (secondary N) is 1. The van der Waals surface area contributed by atoms with E-state index in [1.54, 1.807) is 11.3 Å². The van der Waals surface area contributed by atoms with Crippen LogP contribution >= 0.6 is 11.3 Å². The first-order chi connectivity index (χ1) is 6.75. The van der Waals surface area contributed by atoms with Crippen molar-refractivity contribution in [2.24, 2.45) is 0 Å². The maximum atomic E-state index is 5.28. The summed E-state index contributed by atoms with van der Waals surface area (Å²) < 4.78 is 5.28. The third-order valence-corrected chi connectivity index (χ3v) is 3.35. The summed E-state index contributed by atoms with van der Waals surface area (Å²) in [5.74, 6) is 0.461. The van der Waals surface area contributed by atoms with Crippen molar-refractivity contribution in [2.45, 2.75) is 32.2 Å². The van der Waals surface area contributed by atoms with Crippen molar-refractivity contribution in [2.75, 3.05) is 18.5 Å². The van der Waals surface area contributed by atoms with Crippen molar-refractivity contribution in [3.8, 4) is 0 Å². The molecule has 1 atom stereocenters. The van der Waals surface area contributed by atoms with E-state index in [4.69, 9.17) is 4.74 Å². The Hall–Kier alpha value is -0.680. The molecule has 0 bridgehead atoms. The Labute approximate surface area is 87.7 Å². The van der Waals surface area contributed by atoms with Crippen molar-refractivity contribution in [1.82, 2.24) is 10.2 Å². The molecule has 2 heterocycles. The van der Waals surface area contributed by atoms with E-state index in [1.165, 1.54) is 0 Å². The van der Waals surface area contributed by atoms with Gasteiger partial charge in [-0.3, -0.25) is 0 Å². The molecule has 1 aromatic rings. The second kappa shape index (κ2) is 4.23. The molecule has 0 saturated carbocycles. The van der Waals surface area contributed by atoms with Crippen LogP contribution in [0.25, 0.3) is 0 Å². The molecule has 0 radical (unpaired) electrons. The number of hydrogen-bond donors (Lipinski definition) is 1. The van der Waals surface area contributed by atoms with Crippen molar-refractivity contribution in [3.63, 3.8) is 0 Å². The molecule has 1 aromatic heterocycles. The van der Waals surface area contributed by atoms with Gasteiger partial charge in [-0.2, -0.15) is 0 Å². The molecule has 0 amide bonds. The summed E-state index contributed by atoms with van der Waals surface area (Å²) in [6.07, 6.45) is 1.07. The molecule has 1 unspecified atom stereocenters. The van der Waals surface area contributed by atoms with Gasteiger partial charge in [0.05, 0.1) is 12.6 Å². The molecule has 4 nitrogen and oxygen atoms in total. The van der Waals surface area contributed by atoms with E-state index in [9.17, 15) is 0 Å². The maximum absolute atomic E-state index is 5.28. The highest BCUT2D eigenvalue weighted by molar-refractivity contribution is 7.15. The zero-order chi connectivity index (χ0) is 9.97. The standard InChI is InChI=1S/C9H15N3OS/c1-6(2)8-11-12-9(14-8)10-7-3-4-13-5-7/h6-7H,3-5H2,1-2H3,(H,10,12). The minimum atomic E-state index is 0.419. The molecule has 14 heavy (non-hydrogen) atoms. The molecule has 5 heteroatoms. The maximum Gasteiger partial charge on any atom is 0.205 e.